The van der Waals surface area contributed by atoms with Gasteiger partial charge in [-0.15, -0.1) is 0 Å². The molecule has 0 aromatic carbocycles. The lowest BCUT2D eigenvalue weighted by Gasteiger charge is -2.12. The first-order chi connectivity index (χ1) is 6.02. The Morgan fingerprint density at radius 2 is 2.08 bits per heavy atom. The Labute approximate surface area is 78.5 Å². The molecule has 0 aromatic heterocycles. The van der Waals surface area contributed by atoms with Crippen LogP contribution >= 0.6 is 0 Å². The maximum Gasteiger partial charge on any atom is 0.341 e. The van der Waals surface area contributed by atoms with E-state index in [0.29, 0.717) is 5.70 Å². The van der Waals surface area contributed by atoms with Gasteiger partial charge in [0.1, 0.15) is 0 Å². The Kier molecular flexibility index (Phi) is 4.80. The number of hydrogen-bond donors (Lipinski definition) is 2. The molecule has 0 spiro atoms. The number of rotatable bonds is 4. The molecular formula is C9H16N2O2. The summed E-state index contributed by atoms with van der Waals surface area (Å²) in [6.45, 7) is 5.67. The number of carbonyl (C=O) groups excluding carboxylic acids is 1. The normalized spacial score (nSPS) is 12.1. The molecule has 13 heavy (non-hydrogen) atoms. The van der Waals surface area contributed by atoms with E-state index in [4.69, 9.17) is 5.41 Å². The van der Waals surface area contributed by atoms with Crippen LogP contribution in [0.15, 0.2) is 11.3 Å². The van der Waals surface area contributed by atoms with Gasteiger partial charge in [-0.3, -0.25) is 0 Å². The van der Waals surface area contributed by atoms with Crippen molar-refractivity contribution in [2.24, 2.45) is 0 Å². The summed E-state index contributed by atoms with van der Waals surface area (Å²) in [6, 6.07) is 0.236. The third kappa shape index (κ3) is 3.73. The second-order valence-electron chi connectivity index (χ2n) is 2.97. The van der Waals surface area contributed by atoms with Gasteiger partial charge in [0.25, 0.3) is 0 Å². The van der Waals surface area contributed by atoms with Gasteiger partial charge >= 0.3 is 5.97 Å². The van der Waals surface area contributed by atoms with Crippen molar-refractivity contribution in [1.82, 2.24) is 5.32 Å². The predicted octanol–water partition coefficient (Wildman–Crippen LogP) is 1.08. The molecule has 0 saturated heterocycles. The molecule has 0 aliphatic rings. The molecule has 0 radical (unpaired) electrons. The number of nitrogens with one attached hydrogen (secondary N) is 2. The zero-order chi connectivity index (χ0) is 10.4. The highest BCUT2D eigenvalue weighted by Crippen LogP contribution is 2.01. The second kappa shape index (κ2) is 5.35. The fraction of sp³-hybridized carbons (Fsp3) is 0.556. The van der Waals surface area contributed by atoms with Gasteiger partial charge in [0.05, 0.1) is 12.7 Å². The highest BCUT2D eigenvalue weighted by Gasteiger charge is 2.10. The summed E-state index contributed by atoms with van der Waals surface area (Å²) in [5.41, 5.74) is 0.924. The first-order valence-corrected chi connectivity index (χ1v) is 4.09. The lowest BCUT2D eigenvalue weighted by molar-refractivity contribution is -0.135. The molecule has 0 aromatic rings. The largest absolute Gasteiger partial charge is 0.465 e. The lowest BCUT2D eigenvalue weighted by atomic mass is 10.2. The van der Waals surface area contributed by atoms with Gasteiger partial charge in [-0.05, 0) is 20.8 Å². The first-order valence-electron chi connectivity index (χ1n) is 4.09. The van der Waals surface area contributed by atoms with E-state index in [1.54, 1.807) is 6.92 Å². The van der Waals surface area contributed by atoms with E-state index in [1.807, 2.05) is 13.8 Å². The molecular weight excluding hydrogens is 168 g/mol. The monoisotopic (exact) mass is 184 g/mol. The van der Waals surface area contributed by atoms with Crippen LogP contribution in [0.2, 0.25) is 0 Å². The quantitative estimate of drug-likeness (QED) is 0.390. The van der Waals surface area contributed by atoms with Crippen LogP contribution in [0.4, 0.5) is 0 Å². The smallest absolute Gasteiger partial charge is 0.341 e. The summed E-state index contributed by atoms with van der Waals surface area (Å²) < 4.78 is 4.52. The van der Waals surface area contributed by atoms with Crippen molar-refractivity contribution in [3.63, 3.8) is 0 Å². The Balaban J connectivity index is 4.68. The third-order valence-corrected chi connectivity index (χ3v) is 1.46. The van der Waals surface area contributed by atoms with Gasteiger partial charge in [0, 0.05) is 18.0 Å². The van der Waals surface area contributed by atoms with Crippen LogP contribution < -0.4 is 5.32 Å². The molecule has 0 bridgehead atoms. The van der Waals surface area contributed by atoms with E-state index in [2.05, 4.69) is 10.1 Å². The zero-order valence-corrected chi connectivity index (χ0v) is 8.47. The minimum absolute atomic E-state index is 0.236. The third-order valence-electron chi connectivity index (χ3n) is 1.46. The maximum atomic E-state index is 11.1. The average molecular weight is 184 g/mol. The Bertz CT molecular complexity index is 232. The van der Waals surface area contributed by atoms with Gasteiger partial charge in [-0.2, -0.15) is 0 Å². The van der Waals surface area contributed by atoms with Gasteiger partial charge in [0.2, 0.25) is 0 Å². The Morgan fingerprint density at radius 3 is 2.38 bits per heavy atom. The van der Waals surface area contributed by atoms with Gasteiger partial charge < -0.3 is 15.5 Å². The van der Waals surface area contributed by atoms with Crippen LogP contribution in [-0.2, 0) is 9.53 Å². The van der Waals surface area contributed by atoms with E-state index in [-0.39, 0.29) is 11.6 Å². The summed E-state index contributed by atoms with van der Waals surface area (Å²) in [5, 5.41) is 10.1. The molecule has 0 fully saturated rings. The van der Waals surface area contributed by atoms with Crippen LogP contribution in [-0.4, -0.2) is 25.3 Å². The molecule has 0 saturated carbocycles. The van der Waals surface area contributed by atoms with Gasteiger partial charge in [0.15, 0.2) is 0 Å². The van der Waals surface area contributed by atoms with Crippen molar-refractivity contribution in [2.75, 3.05) is 7.11 Å². The molecule has 0 aliphatic carbocycles. The van der Waals surface area contributed by atoms with E-state index in [9.17, 15) is 4.79 Å². The van der Waals surface area contributed by atoms with Gasteiger partial charge in [-0.1, -0.05) is 0 Å². The molecule has 0 aliphatic heterocycles. The molecule has 74 valence electrons. The average Bonchev–Trinajstić information content (AvgIpc) is 2.03. The second-order valence-corrected chi connectivity index (χ2v) is 2.97. The number of allylic oxidation sites excluding steroid dienone is 1. The molecule has 0 amide bonds. The fourth-order valence-corrected chi connectivity index (χ4v) is 0.941. The first kappa shape index (κ1) is 11.7. The summed E-state index contributed by atoms with van der Waals surface area (Å²) in [6.07, 6.45) is 0.997. The van der Waals surface area contributed by atoms with Crippen molar-refractivity contribution in [2.45, 2.75) is 26.8 Å². The summed E-state index contributed by atoms with van der Waals surface area (Å²) in [5.74, 6) is -0.486. The van der Waals surface area contributed by atoms with Crippen LogP contribution in [0, 0.1) is 5.41 Å². The molecule has 0 atom stereocenters. The fourth-order valence-electron chi connectivity index (χ4n) is 0.941. The molecule has 2 N–H and O–H groups in total. The highest BCUT2D eigenvalue weighted by atomic mass is 16.5. The summed E-state index contributed by atoms with van der Waals surface area (Å²) >= 11 is 0. The summed E-state index contributed by atoms with van der Waals surface area (Å²) in [7, 11) is 1.30. The van der Waals surface area contributed by atoms with E-state index in [0.717, 1.165) is 6.21 Å². The van der Waals surface area contributed by atoms with Crippen molar-refractivity contribution in [3.8, 4) is 0 Å². The molecule has 0 unspecified atom stereocenters. The molecule has 0 rings (SSSR count). The van der Waals surface area contributed by atoms with Crippen molar-refractivity contribution < 1.29 is 9.53 Å². The van der Waals surface area contributed by atoms with E-state index >= 15 is 0 Å². The van der Waals surface area contributed by atoms with E-state index in [1.165, 1.54) is 7.11 Å². The predicted molar refractivity (Wildman–Crippen MR) is 51.8 cm³/mol. The number of methoxy groups -OCH3 is 1. The maximum absolute atomic E-state index is 11.1. The number of ether oxygens (including phenoxy) is 1. The minimum atomic E-state index is -0.486. The van der Waals surface area contributed by atoms with E-state index < -0.39 is 5.97 Å². The molecule has 4 heteroatoms. The summed E-state index contributed by atoms with van der Waals surface area (Å²) in [4.78, 5) is 11.1. The number of hydrogen-bond acceptors (Lipinski definition) is 4. The molecule has 0 heterocycles. The Hall–Kier alpha value is -1.32. The van der Waals surface area contributed by atoms with Crippen molar-refractivity contribution >= 4 is 12.2 Å². The van der Waals surface area contributed by atoms with Crippen LogP contribution in [0.5, 0.6) is 0 Å². The van der Waals surface area contributed by atoms with Crippen LogP contribution in [0.3, 0.4) is 0 Å². The highest BCUT2D eigenvalue weighted by molar-refractivity contribution is 6.09. The number of carbonyl (C=O) groups is 1. The number of esters is 1. The van der Waals surface area contributed by atoms with Crippen molar-refractivity contribution in [3.05, 3.63) is 11.3 Å². The minimum Gasteiger partial charge on any atom is -0.465 e. The van der Waals surface area contributed by atoms with Crippen LogP contribution in [0.25, 0.3) is 0 Å². The standard InChI is InChI=1S/C9H16N2O2/c1-6(2)11-7(3)8(5-10)9(12)13-4/h5-6,10-11H,1-4H3/b8-7+,10-5?. The van der Waals surface area contributed by atoms with Crippen LogP contribution in [0.1, 0.15) is 20.8 Å². The molecule has 4 nitrogen and oxygen atoms in total. The van der Waals surface area contributed by atoms with Crippen molar-refractivity contribution in [1.29, 1.82) is 5.41 Å². The Morgan fingerprint density at radius 1 is 1.54 bits per heavy atom. The zero-order valence-electron chi connectivity index (χ0n) is 8.47. The SMILES string of the molecule is COC(=O)/C(C=N)=C(\C)NC(C)C. The lowest BCUT2D eigenvalue weighted by Crippen LogP contribution is -2.24. The topological polar surface area (TPSA) is 62.2 Å². The van der Waals surface area contributed by atoms with Gasteiger partial charge in [-0.25, -0.2) is 4.79 Å².